The van der Waals surface area contributed by atoms with Crippen molar-refractivity contribution in [3.8, 4) is 0 Å². The monoisotopic (exact) mass is 351 g/mol. The minimum atomic E-state index is -0.436. The van der Waals surface area contributed by atoms with Gasteiger partial charge in [-0.1, -0.05) is 27.7 Å². The largest absolute Gasteiger partial charge is 0.294 e. The first-order valence-corrected chi connectivity index (χ1v) is 7.31. The van der Waals surface area contributed by atoms with Crippen molar-refractivity contribution in [2.24, 2.45) is 0 Å². The zero-order valence-electron chi connectivity index (χ0n) is 10.5. The van der Waals surface area contributed by atoms with Crippen molar-refractivity contribution in [2.75, 3.05) is 0 Å². The number of Topliss-reactive ketones (excluding diaryl/α,β-unsaturated/α-hetero) is 1. The summed E-state index contributed by atoms with van der Waals surface area (Å²) in [5.41, 5.74) is 0.687. The summed E-state index contributed by atoms with van der Waals surface area (Å²) in [5.74, 6) is -0.0121. The molecule has 2 rings (SSSR count). The first-order valence-electron chi connectivity index (χ1n) is 5.70. The SMILES string of the molecule is CC(=O)c1ccc(Br)cc1Sc1ccc([N+](=O)[O-])cc1. The molecule has 0 aliphatic carbocycles. The van der Waals surface area contributed by atoms with Crippen LogP contribution < -0.4 is 0 Å². The van der Waals surface area contributed by atoms with Crippen molar-refractivity contribution in [3.05, 3.63) is 62.6 Å². The van der Waals surface area contributed by atoms with E-state index >= 15 is 0 Å². The summed E-state index contributed by atoms with van der Waals surface area (Å²) < 4.78 is 0.881. The Morgan fingerprint density at radius 2 is 1.85 bits per heavy atom. The second-order valence-corrected chi connectivity index (χ2v) is 6.08. The van der Waals surface area contributed by atoms with Gasteiger partial charge in [-0.15, -0.1) is 0 Å². The van der Waals surface area contributed by atoms with Gasteiger partial charge in [0.1, 0.15) is 0 Å². The van der Waals surface area contributed by atoms with Crippen LogP contribution >= 0.6 is 27.7 Å². The van der Waals surface area contributed by atoms with Crippen LogP contribution in [0.1, 0.15) is 17.3 Å². The lowest BCUT2D eigenvalue weighted by atomic mass is 10.1. The molecule has 0 saturated heterocycles. The van der Waals surface area contributed by atoms with Crippen molar-refractivity contribution in [1.29, 1.82) is 0 Å². The Kier molecular flexibility index (Phi) is 4.57. The number of non-ortho nitro benzene ring substituents is 1. The van der Waals surface area contributed by atoms with E-state index in [-0.39, 0.29) is 11.5 Å². The second-order valence-electron chi connectivity index (χ2n) is 4.05. The van der Waals surface area contributed by atoms with Gasteiger partial charge in [0, 0.05) is 32.0 Å². The fourth-order valence-corrected chi connectivity index (χ4v) is 3.18. The molecule has 102 valence electrons. The number of carbonyl (C=O) groups is 1. The molecule has 0 radical (unpaired) electrons. The Balaban J connectivity index is 2.31. The van der Waals surface area contributed by atoms with Gasteiger partial charge in [0.2, 0.25) is 0 Å². The molecule has 0 heterocycles. The van der Waals surface area contributed by atoms with E-state index in [0.717, 1.165) is 14.3 Å². The molecule has 2 aromatic rings. The summed E-state index contributed by atoms with van der Waals surface area (Å²) in [5, 5.41) is 10.6. The lowest BCUT2D eigenvalue weighted by Crippen LogP contribution is -1.94. The fourth-order valence-electron chi connectivity index (χ4n) is 1.63. The topological polar surface area (TPSA) is 60.2 Å². The van der Waals surface area contributed by atoms with E-state index < -0.39 is 4.92 Å². The first kappa shape index (κ1) is 14.7. The fraction of sp³-hybridized carbons (Fsp3) is 0.0714. The summed E-state index contributed by atoms with van der Waals surface area (Å²) in [6, 6.07) is 11.7. The van der Waals surface area contributed by atoms with Crippen molar-refractivity contribution >= 4 is 39.2 Å². The minimum absolute atomic E-state index is 0.0121. The van der Waals surface area contributed by atoms with E-state index in [2.05, 4.69) is 15.9 Å². The molecule has 2 aromatic carbocycles. The Morgan fingerprint density at radius 3 is 2.40 bits per heavy atom. The molecule has 0 unspecified atom stereocenters. The Bertz CT molecular complexity index is 671. The van der Waals surface area contributed by atoms with Gasteiger partial charge in [-0.2, -0.15) is 0 Å². The minimum Gasteiger partial charge on any atom is -0.294 e. The molecule has 0 saturated carbocycles. The van der Waals surface area contributed by atoms with Crippen LogP contribution in [0.25, 0.3) is 0 Å². The van der Waals surface area contributed by atoms with Gasteiger partial charge in [0.05, 0.1) is 4.92 Å². The van der Waals surface area contributed by atoms with E-state index in [1.54, 1.807) is 18.2 Å². The third kappa shape index (κ3) is 3.46. The van der Waals surface area contributed by atoms with Crippen molar-refractivity contribution in [2.45, 2.75) is 16.7 Å². The number of halogens is 1. The lowest BCUT2D eigenvalue weighted by Gasteiger charge is -2.07. The Hall–Kier alpha value is -1.66. The van der Waals surface area contributed by atoms with Crippen LogP contribution in [0.3, 0.4) is 0 Å². The van der Waals surface area contributed by atoms with Crippen molar-refractivity contribution in [3.63, 3.8) is 0 Å². The van der Waals surface area contributed by atoms with Gasteiger partial charge < -0.3 is 0 Å². The summed E-state index contributed by atoms with van der Waals surface area (Å²) >= 11 is 4.78. The number of benzene rings is 2. The van der Waals surface area contributed by atoms with Crippen molar-refractivity contribution in [1.82, 2.24) is 0 Å². The smallest absolute Gasteiger partial charge is 0.269 e. The standard InChI is InChI=1S/C14H10BrNO3S/c1-9(17)13-7-2-10(15)8-14(13)20-12-5-3-11(4-6-12)16(18)19/h2-8H,1H3. The summed E-state index contributed by atoms with van der Waals surface area (Å²) in [4.78, 5) is 23.4. The lowest BCUT2D eigenvalue weighted by molar-refractivity contribution is -0.384. The summed E-state index contributed by atoms with van der Waals surface area (Å²) in [6.07, 6.45) is 0. The van der Waals surface area contributed by atoms with Crippen LogP contribution in [0.2, 0.25) is 0 Å². The van der Waals surface area contributed by atoms with Crippen LogP contribution in [0.4, 0.5) is 5.69 Å². The highest BCUT2D eigenvalue weighted by Gasteiger charge is 2.10. The predicted octanol–water partition coefficient (Wildman–Crippen LogP) is 4.71. The number of nitro groups is 1. The molecule has 20 heavy (non-hydrogen) atoms. The van der Waals surface area contributed by atoms with E-state index in [0.29, 0.717) is 5.56 Å². The van der Waals surface area contributed by atoms with Gasteiger partial charge >= 0.3 is 0 Å². The normalized spacial score (nSPS) is 10.3. The van der Waals surface area contributed by atoms with Crippen LogP contribution in [0.15, 0.2) is 56.7 Å². The van der Waals surface area contributed by atoms with Gasteiger partial charge in [0.25, 0.3) is 5.69 Å². The molecule has 0 spiro atoms. The van der Waals surface area contributed by atoms with Crippen LogP contribution in [0, 0.1) is 10.1 Å². The number of nitrogens with zero attached hydrogens (tertiary/aromatic N) is 1. The van der Waals surface area contributed by atoms with E-state index in [1.807, 2.05) is 12.1 Å². The summed E-state index contributed by atoms with van der Waals surface area (Å²) in [6.45, 7) is 1.52. The quantitative estimate of drug-likeness (QED) is 0.454. The maximum atomic E-state index is 11.6. The number of nitro benzene ring substituents is 1. The number of hydrogen-bond acceptors (Lipinski definition) is 4. The highest BCUT2D eigenvalue weighted by Crippen LogP contribution is 2.33. The summed E-state index contributed by atoms with van der Waals surface area (Å²) in [7, 11) is 0. The zero-order chi connectivity index (χ0) is 14.7. The highest BCUT2D eigenvalue weighted by molar-refractivity contribution is 9.10. The zero-order valence-corrected chi connectivity index (χ0v) is 12.9. The van der Waals surface area contributed by atoms with Gasteiger partial charge in [-0.05, 0) is 37.3 Å². The molecule has 0 aliphatic rings. The van der Waals surface area contributed by atoms with Gasteiger partial charge in [-0.3, -0.25) is 14.9 Å². The second kappa shape index (κ2) is 6.19. The number of hydrogen-bond donors (Lipinski definition) is 0. The van der Waals surface area contributed by atoms with Crippen LogP contribution in [0.5, 0.6) is 0 Å². The highest BCUT2D eigenvalue weighted by atomic mass is 79.9. The first-order chi connectivity index (χ1) is 9.47. The molecular weight excluding hydrogens is 342 g/mol. The number of rotatable bonds is 4. The maximum Gasteiger partial charge on any atom is 0.269 e. The average Bonchev–Trinajstić information content (AvgIpc) is 2.39. The Labute approximate surface area is 128 Å². The molecule has 0 bridgehead atoms. The third-order valence-corrected chi connectivity index (χ3v) is 4.16. The van der Waals surface area contributed by atoms with Crippen molar-refractivity contribution < 1.29 is 9.72 Å². The molecule has 0 aliphatic heterocycles. The molecule has 4 nitrogen and oxygen atoms in total. The molecule has 0 aromatic heterocycles. The molecule has 0 atom stereocenters. The molecule has 6 heteroatoms. The third-order valence-electron chi connectivity index (χ3n) is 2.60. The molecule has 0 N–H and O–H groups in total. The van der Waals surface area contributed by atoms with E-state index in [4.69, 9.17) is 0 Å². The molecule has 0 amide bonds. The van der Waals surface area contributed by atoms with Crippen LogP contribution in [-0.2, 0) is 0 Å². The molecule has 0 fully saturated rings. The van der Waals surface area contributed by atoms with E-state index in [9.17, 15) is 14.9 Å². The Morgan fingerprint density at radius 1 is 1.20 bits per heavy atom. The number of ketones is 1. The van der Waals surface area contributed by atoms with Gasteiger partial charge in [0.15, 0.2) is 5.78 Å². The maximum absolute atomic E-state index is 11.6. The number of carbonyl (C=O) groups excluding carboxylic acids is 1. The predicted molar refractivity (Wildman–Crippen MR) is 81.4 cm³/mol. The van der Waals surface area contributed by atoms with Gasteiger partial charge in [-0.25, -0.2) is 0 Å². The van der Waals surface area contributed by atoms with Crippen LogP contribution in [-0.4, -0.2) is 10.7 Å². The van der Waals surface area contributed by atoms with E-state index in [1.165, 1.54) is 30.8 Å². The average molecular weight is 352 g/mol. The molecular formula is C14H10BrNO3S.